The third kappa shape index (κ3) is 3.98. The molecule has 2 aliphatic rings. The molecule has 0 unspecified atom stereocenters. The Hall–Kier alpha value is -0.570. The first-order valence-electron chi connectivity index (χ1n) is 7.10. The van der Waals surface area contributed by atoms with Crippen LogP contribution in [0.1, 0.15) is 58.3 Å². The van der Waals surface area contributed by atoms with Gasteiger partial charge < -0.3 is 10.4 Å². The monoisotopic (exact) mass is 239 g/mol. The molecule has 2 N–H and O–H groups in total. The zero-order valence-electron chi connectivity index (χ0n) is 10.9. The van der Waals surface area contributed by atoms with Crippen LogP contribution in [0.15, 0.2) is 0 Å². The van der Waals surface area contributed by atoms with Crippen molar-refractivity contribution in [2.24, 2.45) is 11.8 Å². The minimum absolute atomic E-state index is 0.124. The van der Waals surface area contributed by atoms with Gasteiger partial charge in [0.1, 0.15) is 0 Å². The zero-order valence-corrected chi connectivity index (χ0v) is 10.9. The standard InChI is InChI=1S/C14H25NO2/c1-2-11-5-7-14(17,8-6-11)10-15-13(16)9-12-3-4-12/h11-12,17H,2-10H2,1H3,(H,15,16). The molecule has 17 heavy (non-hydrogen) atoms. The van der Waals surface area contributed by atoms with Gasteiger partial charge in [0.05, 0.1) is 5.60 Å². The van der Waals surface area contributed by atoms with E-state index in [-0.39, 0.29) is 5.91 Å². The van der Waals surface area contributed by atoms with Crippen LogP contribution in [0.25, 0.3) is 0 Å². The molecular weight excluding hydrogens is 214 g/mol. The zero-order chi connectivity index (χ0) is 12.3. The number of aliphatic hydroxyl groups is 1. The van der Waals surface area contributed by atoms with E-state index in [4.69, 9.17) is 0 Å². The van der Waals surface area contributed by atoms with Gasteiger partial charge in [0.2, 0.25) is 5.91 Å². The van der Waals surface area contributed by atoms with Crippen molar-refractivity contribution in [1.82, 2.24) is 5.32 Å². The maximum absolute atomic E-state index is 11.6. The van der Waals surface area contributed by atoms with Crippen molar-refractivity contribution in [1.29, 1.82) is 0 Å². The lowest BCUT2D eigenvalue weighted by molar-refractivity contribution is -0.123. The van der Waals surface area contributed by atoms with E-state index in [1.54, 1.807) is 0 Å². The molecule has 3 nitrogen and oxygen atoms in total. The van der Waals surface area contributed by atoms with E-state index in [1.807, 2.05) is 0 Å². The first kappa shape index (κ1) is 12.9. The van der Waals surface area contributed by atoms with Crippen LogP contribution in [0.4, 0.5) is 0 Å². The van der Waals surface area contributed by atoms with Crippen molar-refractivity contribution in [3.63, 3.8) is 0 Å². The van der Waals surface area contributed by atoms with E-state index in [9.17, 15) is 9.90 Å². The number of hydrogen-bond acceptors (Lipinski definition) is 2. The summed E-state index contributed by atoms with van der Waals surface area (Å²) in [7, 11) is 0. The molecule has 0 heterocycles. The van der Waals surface area contributed by atoms with Gasteiger partial charge in [-0.15, -0.1) is 0 Å². The molecule has 0 aromatic rings. The van der Waals surface area contributed by atoms with Crippen LogP contribution in [-0.2, 0) is 4.79 Å². The Morgan fingerprint density at radius 2 is 1.88 bits per heavy atom. The van der Waals surface area contributed by atoms with Crippen LogP contribution in [0, 0.1) is 11.8 Å². The number of carbonyl (C=O) groups is 1. The summed E-state index contributed by atoms with van der Waals surface area (Å²) in [6.07, 6.45) is 8.17. The first-order chi connectivity index (χ1) is 8.11. The number of hydrogen-bond donors (Lipinski definition) is 2. The summed E-state index contributed by atoms with van der Waals surface area (Å²) < 4.78 is 0. The average molecular weight is 239 g/mol. The minimum Gasteiger partial charge on any atom is -0.388 e. The van der Waals surface area contributed by atoms with Gasteiger partial charge in [-0.2, -0.15) is 0 Å². The third-order valence-electron chi connectivity index (χ3n) is 4.40. The summed E-state index contributed by atoms with van der Waals surface area (Å²) in [6, 6.07) is 0. The smallest absolute Gasteiger partial charge is 0.220 e. The maximum Gasteiger partial charge on any atom is 0.220 e. The molecule has 2 fully saturated rings. The predicted molar refractivity (Wildman–Crippen MR) is 67.5 cm³/mol. The molecule has 0 atom stereocenters. The minimum atomic E-state index is -0.634. The molecular formula is C14H25NO2. The van der Waals surface area contributed by atoms with Gasteiger partial charge in [-0.3, -0.25) is 4.79 Å². The Balaban J connectivity index is 1.68. The van der Waals surface area contributed by atoms with Gasteiger partial charge >= 0.3 is 0 Å². The molecule has 2 saturated carbocycles. The van der Waals surface area contributed by atoms with E-state index >= 15 is 0 Å². The molecule has 0 bridgehead atoms. The van der Waals surface area contributed by atoms with Crippen LogP contribution in [-0.4, -0.2) is 23.2 Å². The molecule has 2 aliphatic carbocycles. The van der Waals surface area contributed by atoms with Gasteiger partial charge in [0.15, 0.2) is 0 Å². The number of nitrogens with one attached hydrogen (secondary N) is 1. The second-order valence-electron chi connectivity index (χ2n) is 6.00. The molecule has 0 aliphatic heterocycles. The number of carbonyl (C=O) groups excluding carboxylic acids is 1. The summed E-state index contributed by atoms with van der Waals surface area (Å²) in [5.41, 5.74) is -0.634. The molecule has 3 heteroatoms. The highest BCUT2D eigenvalue weighted by molar-refractivity contribution is 5.76. The quantitative estimate of drug-likeness (QED) is 0.773. The lowest BCUT2D eigenvalue weighted by Crippen LogP contribution is -2.45. The van der Waals surface area contributed by atoms with Crippen molar-refractivity contribution in [2.75, 3.05) is 6.54 Å². The van der Waals surface area contributed by atoms with Gasteiger partial charge in [0, 0.05) is 13.0 Å². The summed E-state index contributed by atoms with van der Waals surface area (Å²) in [5, 5.41) is 13.3. The highest BCUT2D eigenvalue weighted by Gasteiger charge is 2.33. The van der Waals surface area contributed by atoms with Crippen LogP contribution < -0.4 is 5.32 Å². The molecule has 0 saturated heterocycles. The fourth-order valence-electron chi connectivity index (χ4n) is 2.72. The van der Waals surface area contributed by atoms with Crippen LogP contribution in [0.3, 0.4) is 0 Å². The summed E-state index contributed by atoms with van der Waals surface area (Å²) >= 11 is 0. The van der Waals surface area contributed by atoms with Gasteiger partial charge in [-0.05, 0) is 50.4 Å². The summed E-state index contributed by atoms with van der Waals surface area (Å²) in [5.74, 6) is 1.52. The highest BCUT2D eigenvalue weighted by Crippen LogP contribution is 2.34. The van der Waals surface area contributed by atoms with Crippen molar-refractivity contribution >= 4 is 5.91 Å². The summed E-state index contributed by atoms with van der Waals surface area (Å²) in [6.45, 7) is 2.67. The van der Waals surface area contributed by atoms with Gasteiger partial charge in [-0.25, -0.2) is 0 Å². The van der Waals surface area contributed by atoms with Crippen molar-refractivity contribution in [3.8, 4) is 0 Å². The fraction of sp³-hybridized carbons (Fsp3) is 0.929. The van der Waals surface area contributed by atoms with Crippen LogP contribution >= 0.6 is 0 Å². The molecule has 1 amide bonds. The Morgan fingerprint density at radius 1 is 1.24 bits per heavy atom. The van der Waals surface area contributed by atoms with E-state index < -0.39 is 5.60 Å². The fourth-order valence-corrected chi connectivity index (χ4v) is 2.72. The predicted octanol–water partition coefficient (Wildman–Crippen LogP) is 2.23. The Morgan fingerprint density at radius 3 is 2.41 bits per heavy atom. The number of rotatable bonds is 5. The molecule has 0 aromatic heterocycles. The molecule has 0 aromatic carbocycles. The van der Waals surface area contributed by atoms with Crippen molar-refractivity contribution in [3.05, 3.63) is 0 Å². The van der Waals surface area contributed by atoms with Gasteiger partial charge in [0.25, 0.3) is 0 Å². The number of amides is 1. The van der Waals surface area contributed by atoms with Crippen LogP contribution in [0.5, 0.6) is 0 Å². The SMILES string of the molecule is CCC1CCC(O)(CNC(=O)CC2CC2)CC1. The topological polar surface area (TPSA) is 49.3 Å². The molecule has 2 rings (SSSR count). The van der Waals surface area contributed by atoms with Gasteiger partial charge in [-0.1, -0.05) is 13.3 Å². The second-order valence-corrected chi connectivity index (χ2v) is 6.00. The van der Waals surface area contributed by atoms with E-state index in [0.29, 0.717) is 18.9 Å². The van der Waals surface area contributed by atoms with Crippen LogP contribution in [0.2, 0.25) is 0 Å². The molecule has 0 spiro atoms. The van der Waals surface area contributed by atoms with Crippen molar-refractivity contribution in [2.45, 2.75) is 63.9 Å². The lowest BCUT2D eigenvalue weighted by Gasteiger charge is -2.35. The van der Waals surface area contributed by atoms with Crippen molar-refractivity contribution < 1.29 is 9.90 Å². The summed E-state index contributed by atoms with van der Waals surface area (Å²) in [4.78, 5) is 11.6. The Labute approximate surface area is 104 Å². The van der Waals surface area contributed by atoms with E-state index in [1.165, 1.54) is 19.3 Å². The lowest BCUT2D eigenvalue weighted by atomic mass is 9.78. The Kier molecular flexibility index (Phi) is 4.08. The van der Waals surface area contributed by atoms with E-state index in [0.717, 1.165) is 31.6 Å². The Bertz CT molecular complexity index is 265. The maximum atomic E-state index is 11.6. The second kappa shape index (κ2) is 5.38. The highest BCUT2D eigenvalue weighted by atomic mass is 16.3. The molecule has 98 valence electrons. The largest absolute Gasteiger partial charge is 0.388 e. The van der Waals surface area contributed by atoms with E-state index in [2.05, 4.69) is 12.2 Å². The average Bonchev–Trinajstić information content (AvgIpc) is 3.12. The molecule has 0 radical (unpaired) electrons. The first-order valence-corrected chi connectivity index (χ1v) is 7.10. The normalized spacial score (nSPS) is 33.4. The third-order valence-corrected chi connectivity index (χ3v) is 4.40.